The van der Waals surface area contributed by atoms with Crippen LogP contribution in [-0.2, 0) is 6.42 Å². The SMILES string of the molecule is c1cncc(-c2noc(CCC3CCCN(C4CCCCC4)C3)n2)c1. The zero-order chi connectivity index (χ0) is 16.9. The van der Waals surface area contributed by atoms with Crippen molar-refractivity contribution in [3.8, 4) is 11.4 Å². The van der Waals surface area contributed by atoms with Gasteiger partial charge in [0.1, 0.15) is 0 Å². The molecule has 0 amide bonds. The Morgan fingerprint density at radius 3 is 2.88 bits per heavy atom. The Bertz CT molecular complexity index is 651. The van der Waals surface area contributed by atoms with Gasteiger partial charge in [0.15, 0.2) is 0 Å². The van der Waals surface area contributed by atoms with Crippen molar-refractivity contribution in [2.24, 2.45) is 5.92 Å². The van der Waals surface area contributed by atoms with E-state index in [4.69, 9.17) is 4.52 Å². The lowest BCUT2D eigenvalue weighted by molar-refractivity contribution is 0.0948. The van der Waals surface area contributed by atoms with Crippen LogP contribution >= 0.6 is 0 Å². The summed E-state index contributed by atoms with van der Waals surface area (Å²) < 4.78 is 5.45. The molecule has 1 saturated heterocycles. The predicted molar refractivity (Wildman–Crippen MR) is 97.0 cm³/mol. The van der Waals surface area contributed by atoms with E-state index in [-0.39, 0.29) is 0 Å². The lowest BCUT2D eigenvalue weighted by atomic mass is 9.88. The first-order valence-corrected chi connectivity index (χ1v) is 9.85. The van der Waals surface area contributed by atoms with Gasteiger partial charge < -0.3 is 9.42 Å². The van der Waals surface area contributed by atoms with E-state index in [0.29, 0.717) is 5.82 Å². The molecule has 0 N–H and O–H groups in total. The van der Waals surface area contributed by atoms with Crippen molar-refractivity contribution >= 4 is 0 Å². The van der Waals surface area contributed by atoms with Crippen LogP contribution in [0.1, 0.15) is 57.3 Å². The largest absolute Gasteiger partial charge is 0.339 e. The average Bonchev–Trinajstić information content (AvgIpc) is 3.17. The van der Waals surface area contributed by atoms with Crippen LogP contribution in [0.3, 0.4) is 0 Å². The van der Waals surface area contributed by atoms with E-state index in [9.17, 15) is 0 Å². The van der Waals surface area contributed by atoms with E-state index < -0.39 is 0 Å². The number of nitrogens with zero attached hydrogens (tertiary/aromatic N) is 4. The van der Waals surface area contributed by atoms with Crippen LogP contribution in [0.15, 0.2) is 29.0 Å². The van der Waals surface area contributed by atoms with Crippen LogP contribution in [0.4, 0.5) is 0 Å². The Kier molecular flexibility index (Phi) is 5.40. The highest BCUT2D eigenvalue weighted by molar-refractivity contribution is 5.51. The molecule has 0 aromatic carbocycles. The van der Waals surface area contributed by atoms with Crippen molar-refractivity contribution in [1.29, 1.82) is 0 Å². The van der Waals surface area contributed by atoms with Gasteiger partial charge in [-0.1, -0.05) is 24.4 Å². The number of pyridine rings is 1. The normalized spacial score (nSPS) is 23.0. The van der Waals surface area contributed by atoms with Gasteiger partial charge in [-0.2, -0.15) is 4.98 Å². The summed E-state index contributed by atoms with van der Waals surface area (Å²) in [5, 5.41) is 4.10. The molecule has 0 radical (unpaired) electrons. The Labute approximate surface area is 149 Å². The van der Waals surface area contributed by atoms with E-state index in [0.717, 1.165) is 36.3 Å². The van der Waals surface area contributed by atoms with Crippen molar-refractivity contribution < 1.29 is 4.52 Å². The summed E-state index contributed by atoms with van der Waals surface area (Å²) in [6.45, 7) is 2.56. The Morgan fingerprint density at radius 2 is 2.04 bits per heavy atom. The molecule has 5 nitrogen and oxygen atoms in total. The average molecular weight is 340 g/mol. The number of aryl methyl sites for hydroxylation is 1. The third kappa shape index (κ3) is 4.27. The van der Waals surface area contributed by atoms with Gasteiger partial charge in [-0.15, -0.1) is 0 Å². The fraction of sp³-hybridized carbons (Fsp3) is 0.650. The van der Waals surface area contributed by atoms with Crippen LogP contribution < -0.4 is 0 Å². The van der Waals surface area contributed by atoms with Crippen LogP contribution in [0, 0.1) is 5.92 Å². The molecule has 1 aliphatic carbocycles. The number of hydrogen-bond donors (Lipinski definition) is 0. The Hall–Kier alpha value is -1.75. The molecule has 1 aliphatic heterocycles. The van der Waals surface area contributed by atoms with E-state index in [1.165, 1.54) is 58.0 Å². The standard InChI is InChI=1S/C20H28N4O/c1-2-8-18(9-3-1)24-13-5-6-16(15-24)10-11-19-22-20(23-25-19)17-7-4-12-21-14-17/h4,7,12,14,16,18H,1-3,5-6,8-11,13,15H2. The number of rotatable bonds is 5. The maximum atomic E-state index is 5.45. The molecule has 2 aromatic rings. The molecule has 1 atom stereocenters. The molecular formula is C20H28N4O. The molecule has 1 saturated carbocycles. The van der Waals surface area contributed by atoms with Crippen molar-refractivity contribution in [3.63, 3.8) is 0 Å². The summed E-state index contributed by atoms with van der Waals surface area (Å²) in [5.74, 6) is 2.17. The molecule has 0 bridgehead atoms. The van der Waals surface area contributed by atoms with Crippen molar-refractivity contribution in [2.75, 3.05) is 13.1 Å². The van der Waals surface area contributed by atoms with E-state index in [1.807, 2.05) is 12.1 Å². The molecule has 134 valence electrons. The van der Waals surface area contributed by atoms with Gasteiger partial charge in [0.25, 0.3) is 0 Å². The zero-order valence-corrected chi connectivity index (χ0v) is 14.9. The number of likely N-dealkylation sites (tertiary alicyclic amines) is 1. The first-order valence-electron chi connectivity index (χ1n) is 9.85. The minimum atomic E-state index is 0.649. The van der Waals surface area contributed by atoms with Crippen molar-refractivity contribution in [3.05, 3.63) is 30.4 Å². The Morgan fingerprint density at radius 1 is 1.12 bits per heavy atom. The second-order valence-corrected chi connectivity index (χ2v) is 7.59. The fourth-order valence-electron chi connectivity index (χ4n) is 4.41. The molecule has 2 aromatic heterocycles. The lowest BCUT2D eigenvalue weighted by Gasteiger charge is -2.40. The quantitative estimate of drug-likeness (QED) is 0.820. The van der Waals surface area contributed by atoms with Gasteiger partial charge in [-0.3, -0.25) is 4.98 Å². The van der Waals surface area contributed by atoms with Gasteiger partial charge in [0.2, 0.25) is 11.7 Å². The summed E-state index contributed by atoms with van der Waals surface area (Å²) in [7, 11) is 0. The maximum Gasteiger partial charge on any atom is 0.226 e. The van der Waals surface area contributed by atoms with Crippen molar-refractivity contribution in [2.45, 2.75) is 63.8 Å². The first-order chi connectivity index (χ1) is 12.4. The third-order valence-corrected chi connectivity index (χ3v) is 5.80. The van der Waals surface area contributed by atoms with Gasteiger partial charge in [-0.05, 0) is 56.7 Å². The topological polar surface area (TPSA) is 55.1 Å². The zero-order valence-electron chi connectivity index (χ0n) is 14.9. The third-order valence-electron chi connectivity index (χ3n) is 5.80. The summed E-state index contributed by atoms with van der Waals surface area (Å²) >= 11 is 0. The van der Waals surface area contributed by atoms with Crippen molar-refractivity contribution in [1.82, 2.24) is 20.0 Å². The molecule has 25 heavy (non-hydrogen) atoms. The fourth-order valence-corrected chi connectivity index (χ4v) is 4.41. The minimum absolute atomic E-state index is 0.649. The number of hydrogen-bond acceptors (Lipinski definition) is 5. The highest BCUT2D eigenvalue weighted by atomic mass is 16.5. The highest BCUT2D eigenvalue weighted by Gasteiger charge is 2.27. The highest BCUT2D eigenvalue weighted by Crippen LogP contribution is 2.29. The monoisotopic (exact) mass is 340 g/mol. The second kappa shape index (κ2) is 8.09. The van der Waals surface area contributed by atoms with E-state index in [2.05, 4.69) is 20.0 Å². The molecular weight excluding hydrogens is 312 g/mol. The molecule has 5 heteroatoms. The summed E-state index contributed by atoms with van der Waals surface area (Å²) in [6.07, 6.45) is 15.3. The van der Waals surface area contributed by atoms with Crippen LogP contribution in [0.2, 0.25) is 0 Å². The smallest absolute Gasteiger partial charge is 0.226 e. The minimum Gasteiger partial charge on any atom is -0.339 e. The summed E-state index contributed by atoms with van der Waals surface area (Å²) in [6, 6.07) is 4.70. The van der Waals surface area contributed by atoms with Crippen LogP contribution in [0.25, 0.3) is 11.4 Å². The van der Waals surface area contributed by atoms with Crippen LogP contribution in [-0.4, -0.2) is 39.2 Å². The van der Waals surface area contributed by atoms with E-state index >= 15 is 0 Å². The van der Waals surface area contributed by atoms with Gasteiger partial charge in [0.05, 0.1) is 0 Å². The van der Waals surface area contributed by atoms with Crippen LogP contribution in [0.5, 0.6) is 0 Å². The molecule has 4 rings (SSSR count). The lowest BCUT2D eigenvalue weighted by Crippen LogP contribution is -2.43. The predicted octanol–water partition coefficient (Wildman–Crippen LogP) is 4.11. The van der Waals surface area contributed by atoms with Gasteiger partial charge in [0, 0.05) is 37.0 Å². The number of piperidine rings is 1. The molecule has 1 unspecified atom stereocenters. The summed E-state index contributed by atoms with van der Waals surface area (Å²) in [5.41, 5.74) is 0.915. The first kappa shape index (κ1) is 16.7. The summed E-state index contributed by atoms with van der Waals surface area (Å²) in [4.78, 5) is 11.4. The molecule has 3 heterocycles. The second-order valence-electron chi connectivity index (χ2n) is 7.59. The number of aromatic nitrogens is 3. The molecule has 2 fully saturated rings. The van der Waals surface area contributed by atoms with Gasteiger partial charge in [-0.25, -0.2) is 0 Å². The van der Waals surface area contributed by atoms with Gasteiger partial charge >= 0.3 is 0 Å². The molecule has 2 aliphatic rings. The molecule has 0 spiro atoms. The maximum absolute atomic E-state index is 5.45. The van der Waals surface area contributed by atoms with E-state index in [1.54, 1.807) is 12.4 Å². The Balaban J connectivity index is 1.30.